The van der Waals surface area contributed by atoms with E-state index in [-0.39, 0.29) is 12.6 Å². The van der Waals surface area contributed by atoms with Gasteiger partial charge in [0.25, 0.3) is 0 Å². The average Bonchev–Trinajstić information content (AvgIpc) is 3.19. The number of alkyl halides is 6. The number of hydrogen-bond acceptors (Lipinski definition) is 5. The molecule has 2 aromatic rings. The molecule has 1 amide bonds. The van der Waals surface area contributed by atoms with Crippen molar-refractivity contribution in [3.8, 4) is 5.75 Å². The third kappa shape index (κ3) is 5.90. The van der Waals surface area contributed by atoms with E-state index in [4.69, 9.17) is 14.2 Å². The lowest BCUT2D eigenvalue weighted by molar-refractivity contribution is -0.143. The van der Waals surface area contributed by atoms with Crippen LogP contribution < -0.4 is 4.74 Å². The fraction of sp³-hybridized carbons (Fsp3) is 0.429. The second-order valence-electron chi connectivity index (χ2n) is 9.71. The highest BCUT2D eigenvalue weighted by molar-refractivity contribution is 5.91. The van der Waals surface area contributed by atoms with Crippen LogP contribution in [0, 0.1) is 0 Å². The summed E-state index contributed by atoms with van der Waals surface area (Å²) in [7, 11) is 2.74. The molecule has 6 nitrogen and oxygen atoms in total. The molecule has 2 atom stereocenters. The molecule has 1 aliphatic heterocycles. The lowest BCUT2D eigenvalue weighted by Crippen LogP contribution is -2.34. The Bertz CT molecular complexity index is 1300. The Hall–Kier alpha value is -3.70. The van der Waals surface area contributed by atoms with Crippen molar-refractivity contribution in [3.63, 3.8) is 0 Å². The van der Waals surface area contributed by atoms with Crippen molar-refractivity contribution in [1.82, 2.24) is 4.90 Å². The van der Waals surface area contributed by atoms with E-state index in [1.165, 1.54) is 26.0 Å². The van der Waals surface area contributed by atoms with Gasteiger partial charge in [0, 0.05) is 12.1 Å². The number of halogens is 6. The van der Waals surface area contributed by atoms with Crippen LogP contribution in [0.25, 0.3) is 5.57 Å². The van der Waals surface area contributed by atoms with E-state index in [9.17, 15) is 35.9 Å². The predicted octanol–water partition coefficient (Wildman–Crippen LogP) is 7.43. The summed E-state index contributed by atoms with van der Waals surface area (Å²) < 4.78 is 96.2. The van der Waals surface area contributed by atoms with Crippen LogP contribution in [0.15, 0.2) is 42.0 Å². The minimum absolute atomic E-state index is 0.0393. The zero-order valence-corrected chi connectivity index (χ0v) is 21.9. The van der Waals surface area contributed by atoms with Gasteiger partial charge < -0.3 is 14.2 Å². The van der Waals surface area contributed by atoms with Gasteiger partial charge in [0.2, 0.25) is 0 Å². The molecule has 0 saturated carbocycles. The van der Waals surface area contributed by atoms with Crippen molar-refractivity contribution in [2.45, 2.75) is 57.1 Å². The van der Waals surface area contributed by atoms with E-state index in [0.717, 1.165) is 24.0 Å². The van der Waals surface area contributed by atoms with Gasteiger partial charge in [0.1, 0.15) is 11.9 Å². The monoisotopic (exact) mass is 571 g/mol. The Kier molecular flexibility index (Phi) is 8.09. The lowest BCUT2D eigenvalue weighted by Gasteiger charge is -2.28. The summed E-state index contributed by atoms with van der Waals surface area (Å²) in [6.07, 6.45) is -9.42. The van der Waals surface area contributed by atoms with Crippen LogP contribution in [0.5, 0.6) is 5.75 Å². The number of rotatable bonds is 6. The first-order valence-electron chi connectivity index (χ1n) is 12.5. The number of carbonyl (C=O) groups excluding carboxylic acids is 2. The van der Waals surface area contributed by atoms with E-state index in [1.54, 1.807) is 18.2 Å². The molecule has 40 heavy (non-hydrogen) atoms. The maximum absolute atomic E-state index is 13.4. The maximum Gasteiger partial charge on any atom is 0.416 e. The minimum atomic E-state index is -5.03. The van der Waals surface area contributed by atoms with Crippen molar-refractivity contribution in [2.24, 2.45) is 0 Å². The molecule has 4 rings (SSSR count). The normalized spacial score (nSPS) is 20.0. The van der Waals surface area contributed by atoms with Gasteiger partial charge in [-0.1, -0.05) is 0 Å². The second-order valence-corrected chi connectivity index (χ2v) is 9.71. The van der Waals surface area contributed by atoms with Crippen LogP contribution in [0.1, 0.15) is 71.3 Å². The maximum atomic E-state index is 13.4. The first kappa shape index (κ1) is 29.3. The van der Waals surface area contributed by atoms with Crippen LogP contribution in [-0.2, 0) is 21.8 Å². The molecule has 0 bridgehead atoms. The lowest BCUT2D eigenvalue weighted by atomic mass is 9.85. The van der Waals surface area contributed by atoms with Crippen LogP contribution in [-0.4, -0.2) is 43.8 Å². The Morgan fingerprint density at radius 3 is 2.17 bits per heavy atom. The molecule has 0 aromatic heterocycles. The van der Waals surface area contributed by atoms with Gasteiger partial charge in [-0.05, 0) is 85.7 Å². The fourth-order valence-corrected chi connectivity index (χ4v) is 5.16. The van der Waals surface area contributed by atoms with Crippen molar-refractivity contribution in [1.29, 1.82) is 0 Å². The average molecular weight is 572 g/mol. The third-order valence-corrected chi connectivity index (χ3v) is 7.22. The smallest absolute Gasteiger partial charge is 0.416 e. The molecule has 0 unspecified atom stereocenters. The second kappa shape index (κ2) is 11.1. The Morgan fingerprint density at radius 2 is 1.60 bits per heavy atom. The van der Waals surface area contributed by atoms with E-state index >= 15 is 0 Å². The van der Waals surface area contributed by atoms with Gasteiger partial charge in [-0.2, -0.15) is 26.3 Å². The fourth-order valence-electron chi connectivity index (χ4n) is 5.16. The van der Waals surface area contributed by atoms with Crippen LogP contribution in [0.4, 0.5) is 31.1 Å². The van der Waals surface area contributed by atoms with Gasteiger partial charge in [-0.25, -0.2) is 9.59 Å². The zero-order valence-electron chi connectivity index (χ0n) is 21.9. The molecule has 2 aliphatic rings. The number of carbonyl (C=O) groups is 2. The van der Waals surface area contributed by atoms with Crippen LogP contribution in [0.3, 0.4) is 0 Å². The summed E-state index contributed by atoms with van der Waals surface area (Å²) in [5, 5.41) is 0. The summed E-state index contributed by atoms with van der Waals surface area (Å²) in [5.41, 5.74) is -0.732. The molecular weight excluding hydrogens is 544 g/mol. The molecule has 1 aliphatic carbocycles. The molecule has 1 fully saturated rings. The highest BCUT2D eigenvalue weighted by Gasteiger charge is 2.43. The first-order chi connectivity index (χ1) is 18.7. The van der Waals surface area contributed by atoms with Crippen molar-refractivity contribution in [2.75, 3.05) is 20.8 Å². The molecule has 0 N–H and O–H groups in total. The highest BCUT2D eigenvalue weighted by Crippen LogP contribution is 2.43. The standard InChI is InChI=1S/C28H27F6NO5/c1-15-24(18-10-19(27(29,30)31)13-20(11-18)28(32,33)34)40-26(37)35(15)14-17-6-4-5-7-21(17)22-12-16(25(36)39-3)8-9-23(22)38-2/h8-13,15,24H,4-7,14H2,1-3H3/t15-,24-/m0/s1. The summed E-state index contributed by atoms with van der Waals surface area (Å²) in [6, 6.07) is 5.18. The van der Waals surface area contributed by atoms with Crippen LogP contribution >= 0.6 is 0 Å². The molecule has 216 valence electrons. The first-order valence-corrected chi connectivity index (χ1v) is 12.5. The van der Waals surface area contributed by atoms with E-state index < -0.39 is 53.3 Å². The molecule has 0 spiro atoms. The topological polar surface area (TPSA) is 65.1 Å². The quantitative estimate of drug-likeness (QED) is 0.267. The minimum Gasteiger partial charge on any atom is -0.496 e. The van der Waals surface area contributed by atoms with Crippen molar-refractivity contribution < 1.29 is 50.1 Å². The SMILES string of the molecule is COC(=O)c1ccc(OC)c(C2=C(CN3C(=O)O[C@H](c4cc(C(F)(F)F)cc(C(F)(F)F)c4)[C@@H]3C)CCCC2)c1. The Morgan fingerprint density at radius 1 is 0.975 bits per heavy atom. The number of esters is 1. The largest absolute Gasteiger partial charge is 0.496 e. The predicted molar refractivity (Wildman–Crippen MR) is 132 cm³/mol. The Labute approximate surface area is 226 Å². The van der Waals surface area contributed by atoms with E-state index in [2.05, 4.69) is 0 Å². The van der Waals surface area contributed by atoms with Gasteiger partial charge in [-0.15, -0.1) is 0 Å². The molecule has 12 heteroatoms. The summed E-state index contributed by atoms with van der Waals surface area (Å²) in [4.78, 5) is 26.4. The molecular formula is C28H27F6NO5. The number of hydrogen-bond donors (Lipinski definition) is 0. The van der Waals surface area contributed by atoms with Gasteiger partial charge in [0.15, 0.2) is 0 Å². The number of allylic oxidation sites excluding steroid dienone is 1. The van der Waals surface area contributed by atoms with Gasteiger partial charge in [0.05, 0.1) is 37.0 Å². The number of methoxy groups -OCH3 is 2. The zero-order chi connectivity index (χ0) is 29.4. The summed E-state index contributed by atoms with van der Waals surface area (Å²) >= 11 is 0. The van der Waals surface area contributed by atoms with E-state index in [0.29, 0.717) is 41.9 Å². The number of cyclic esters (lactones) is 1. The van der Waals surface area contributed by atoms with Gasteiger partial charge in [-0.3, -0.25) is 4.90 Å². The highest BCUT2D eigenvalue weighted by atomic mass is 19.4. The van der Waals surface area contributed by atoms with Gasteiger partial charge >= 0.3 is 24.4 Å². The number of nitrogens with zero attached hydrogens (tertiary/aromatic N) is 1. The Balaban J connectivity index is 1.70. The summed E-state index contributed by atoms with van der Waals surface area (Å²) in [5.74, 6) is -0.0404. The summed E-state index contributed by atoms with van der Waals surface area (Å²) in [6.45, 7) is 1.56. The number of benzene rings is 2. The van der Waals surface area contributed by atoms with Crippen molar-refractivity contribution >= 4 is 17.6 Å². The van der Waals surface area contributed by atoms with Crippen molar-refractivity contribution in [3.05, 3.63) is 69.8 Å². The third-order valence-electron chi connectivity index (χ3n) is 7.22. The number of ether oxygens (including phenoxy) is 3. The number of amides is 1. The molecule has 0 radical (unpaired) electrons. The molecule has 1 saturated heterocycles. The molecule has 2 aromatic carbocycles. The molecule has 1 heterocycles. The van der Waals surface area contributed by atoms with E-state index in [1.807, 2.05) is 0 Å². The van der Waals surface area contributed by atoms with Crippen LogP contribution in [0.2, 0.25) is 0 Å².